The van der Waals surface area contributed by atoms with Crippen molar-refractivity contribution in [1.82, 2.24) is 10.6 Å². The Balaban J connectivity index is 1.59. The van der Waals surface area contributed by atoms with Gasteiger partial charge in [0.05, 0.1) is 12.5 Å². The van der Waals surface area contributed by atoms with Gasteiger partial charge in [0.2, 0.25) is 11.8 Å². The van der Waals surface area contributed by atoms with Crippen LogP contribution in [0.25, 0.3) is 0 Å². The highest BCUT2D eigenvalue weighted by molar-refractivity contribution is 5.96. The first kappa shape index (κ1) is 18.6. The average molecular weight is 365 g/mol. The summed E-state index contributed by atoms with van der Waals surface area (Å²) in [5, 5.41) is 8.55. The molecule has 1 aliphatic rings. The molecule has 27 heavy (non-hydrogen) atoms. The fraction of sp³-hybridized carbons (Fsp3) is 0.286. The highest BCUT2D eigenvalue weighted by Gasteiger charge is 2.23. The molecule has 6 nitrogen and oxygen atoms in total. The van der Waals surface area contributed by atoms with Gasteiger partial charge >= 0.3 is 0 Å². The third-order valence-electron chi connectivity index (χ3n) is 4.31. The molecule has 1 fully saturated rings. The van der Waals surface area contributed by atoms with Crippen LogP contribution in [0.1, 0.15) is 48.1 Å². The molecule has 0 saturated heterocycles. The molecule has 1 unspecified atom stereocenters. The van der Waals surface area contributed by atoms with E-state index in [9.17, 15) is 14.4 Å². The molecule has 1 aliphatic carbocycles. The predicted molar refractivity (Wildman–Crippen MR) is 103 cm³/mol. The van der Waals surface area contributed by atoms with Gasteiger partial charge < -0.3 is 16.0 Å². The Bertz CT molecular complexity index is 814. The molecule has 0 aliphatic heterocycles. The molecule has 3 rings (SSSR count). The van der Waals surface area contributed by atoms with E-state index in [1.54, 1.807) is 24.3 Å². The number of carbonyl (C=O) groups is 3. The fourth-order valence-corrected chi connectivity index (χ4v) is 2.78. The molecule has 0 aromatic heterocycles. The number of anilines is 1. The van der Waals surface area contributed by atoms with Gasteiger partial charge in [0.15, 0.2) is 0 Å². The minimum atomic E-state index is -0.396. The van der Waals surface area contributed by atoms with Gasteiger partial charge in [-0.1, -0.05) is 30.3 Å². The second-order valence-corrected chi connectivity index (χ2v) is 6.74. The van der Waals surface area contributed by atoms with Crippen molar-refractivity contribution >= 4 is 23.4 Å². The van der Waals surface area contributed by atoms with Crippen molar-refractivity contribution in [2.45, 2.75) is 38.3 Å². The van der Waals surface area contributed by atoms with Crippen molar-refractivity contribution in [3.8, 4) is 0 Å². The second kappa shape index (κ2) is 8.49. The van der Waals surface area contributed by atoms with E-state index >= 15 is 0 Å². The Morgan fingerprint density at radius 1 is 1.00 bits per heavy atom. The first-order chi connectivity index (χ1) is 13.0. The number of nitrogens with one attached hydrogen (secondary N) is 3. The van der Waals surface area contributed by atoms with Crippen molar-refractivity contribution in [3.05, 3.63) is 65.7 Å². The fourth-order valence-electron chi connectivity index (χ4n) is 2.78. The number of amides is 3. The molecule has 3 amide bonds. The van der Waals surface area contributed by atoms with E-state index in [4.69, 9.17) is 0 Å². The SMILES string of the molecule is CC(=O)NC(CC(=O)Nc1ccc(C(=O)NC2CC2)cc1)c1ccccc1. The van der Waals surface area contributed by atoms with E-state index in [2.05, 4.69) is 16.0 Å². The maximum Gasteiger partial charge on any atom is 0.251 e. The Labute approximate surface area is 158 Å². The number of benzene rings is 2. The summed E-state index contributed by atoms with van der Waals surface area (Å²) in [5.74, 6) is -0.499. The monoisotopic (exact) mass is 365 g/mol. The molecule has 2 aromatic rings. The third kappa shape index (κ3) is 5.67. The highest BCUT2D eigenvalue weighted by atomic mass is 16.2. The van der Waals surface area contributed by atoms with Gasteiger partial charge in [-0.15, -0.1) is 0 Å². The summed E-state index contributed by atoms with van der Waals surface area (Å²) in [4.78, 5) is 35.9. The molecule has 3 N–H and O–H groups in total. The minimum Gasteiger partial charge on any atom is -0.349 e. The van der Waals surface area contributed by atoms with Crippen LogP contribution in [-0.4, -0.2) is 23.8 Å². The number of rotatable bonds is 7. The van der Waals surface area contributed by atoms with Crippen molar-refractivity contribution in [1.29, 1.82) is 0 Å². The Morgan fingerprint density at radius 2 is 1.67 bits per heavy atom. The topological polar surface area (TPSA) is 87.3 Å². The van der Waals surface area contributed by atoms with E-state index in [0.29, 0.717) is 17.3 Å². The van der Waals surface area contributed by atoms with Gasteiger partial charge in [0, 0.05) is 24.2 Å². The number of hydrogen-bond acceptors (Lipinski definition) is 3. The van der Waals surface area contributed by atoms with Crippen LogP contribution < -0.4 is 16.0 Å². The maximum absolute atomic E-state index is 12.4. The molecule has 0 heterocycles. The lowest BCUT2D eigenvalue weighted by Gasteiger charge is -2.18. The summed E-state index contributed by atoms with van der Waals surface area (Å²) in [7, 11) is 0. The molecular weight excluding hydrogens is 342 g/mol. The quantitative estimate of drug-likeness (QED) is 0.705. The summed E-state index contributed by atoms with van der Waals surface area (Å²) in [6.45, 7) is 1.43. The molecule has 2 aromatic carbocycles. The molecule has 1 saturated carbocycles. The standard InChI is InChI=1S/C21H23N3O3/c1-14(25)22-19(15-5-3-2-4-6-15)13-20(26)23-17-9-7-16(8-10-17)21(27)24-18-11-12-18/h2-10,18-19H,11-13H2,1H3,(H,22,25)(H,23,26)(H,24,27). The van der Waals surface area contributed by atoms with Gasteiger partial charge in [-0.05, 0) is 42.7 Å². The lowest BCUT2D eigenvalue weighted by atomic mass is 10.0. The number of carbonyl (C=O) groups excluding carboxylic acids is 3. The zero-order valence-corrected chi connectivity index (χ0v) is 15.2. The first-order valence-electron chi connectivity index (χ1n) is 9.04. The average Bonchev–Trinajstić information content (AvgIpc) is 3.46. The van der Waals surface area contributed by atoms with E-state index in [0.717, 1.165) is 18.4 Å². The van der Waals surface area contributed by atoms with E-state index in [-0.39, 0.29) is 24.1 Å². The van der Waals surface area contributed by atoms with Gasteiger partial charge in [0.25, 0.3) is 5.91 Å². The Kier molecular flexibility index (Phi) is 5.86. The molecule has 0 radical (unpaired) electrons. The highest BCUT2D eigenvalue weighted by Crippen LogP contribution is 2.20. The van der Waals surface area contributed by atoms with Crippen LogP contribution in [-0.2, 0) is 9.59 Å². The summed E-state index contributed by atoms with van der Waals surface area (Å²) >= 11 is 0. The van der Waals surface area contributed by atoms with Crippen LogP contribution in [0.15, 0.2) is 54.6 Å². The molecular formula is C21H23N3O3. The summed E-state index contributed by atoms with van der Waals surface area (Å²) in [5.41, 5.74) is 2.05. The van der Waals surface area contributed by atoms with Crippen LogP contribution in [0.4, 0.5) is 5.69 Å². The van der Waals surface area contributed by atoms with E-state index < -0.39 is 6.04 Å². The zero-order chi connectivity index (χ0) is 19.2. The largest absolute Gasteiger partial charge is 0.349 e. The summed E-state index contributed by atoms with van der Waals surface area (Å²) < 4.78 is 0. The first-order valence-corrected chi connectivity index (χ1v) is 9.04. The molecule has 1 atom stereocenters. The molecule has 0 bridgehead atoms. The van der Waals surface area contributed by atoms with Crippen LogP contribution in [0, 0.1) is 0 Å². The van der Waals surface area contributed by atoms with Crippen molar-refractivity contribution in [3.63, 3.8) is 0 Å². The van der Waals surface area contributed by atoms with Crippen LogP contribution in [0.3, 0.4) is 0 Å². The summed E-state index contributed by atoms with van der Waals surface area (Å²) in [6, 6.07) is 16.1. The normalized spacial score (nSPS) is 14.1. The van der Waals surface area contributed by atoms with E-state index in [1.807, 2.05) is 30.3 Å². The zero-order valence-electron chi connectivity index (χ0n) is 15.2. The van der Waals surface area contributed by atoms with Gasteiger partial charge in [0.1, 0.15) is 0 Å². The van der Waals surface area contributed by atoms with E-state index in [1.165, 1.54) is 6.92 Å². The van der Waals surface area contributed by atoms with Crippen LogP contribution in [0.5, 0.6) is 0 Å². The van der Waals surface area contributed by atoms with Crippen LogP contribution >= 0.6 is 0 Å². The van der Waals surface area contributed by atoms with Crippen molar-refractivity contribution < 1.29 is 14.4 Å². The van der Waals surface area contributed by atoms with Crippen molar-refractivity contribution in [2.75, 3.05) is 5.32 Å². The summed E-state index contributed by atoms with van der Waals surface area (Å²) in [6.07, 6.45) is 2.20. The third-order valence-corrected chi connectivity index (χ3v) is 4.31. The van der Waals surface area contributed by atoms with Crippen LogP contribution in [0.2, 0.25) is 0 Å². The Morgan fingerprint density at radius 3 is 2.26 bits per heavy atom. The number of hydrogen-bond donors (Lipinski definition) is 3. The smallest absolute Gasteiger partial charge is 0.251 e. The predicted octanol–water partition coefficient (Wildman–Crippen LogP) is 2.78. The molecule has 140 valence electrons. The minimum absolute atomic E-state index is 0.0924. The van der Waals surface area contributed by atoms with Gasteiger partial charge in [-0.3, -0.25) is 14.4 Å². The van der Waals surface area contributed by atoms with Gasteiger partial charge in [-0.2, -0.15) is 0 Å². The molecule has 6 heteroatoms. The van der Waals surface area contributed by atoms with Gasteiger partial charge in [-0.25, -0.2) is 0 Å². The maximum atomic E-state index is 12.4. The lowest BCUT2D eigenvalue weighted by molar-refractivity contribution is -0.120. The van der Waals surface area contributed by atoms with Crippen molar-refractivity contribution in [2.24, 2.45) is 0 Å². The molecule has 0 spiro atoms. The Hall–Kier alpha value is -3.15. The second-order valence-electron chi connectivity index (χ2n) is 6.74. The lowest BCUT2D eigenvalue weighted by Crippen LogP contribution is -2.29.